The number of hydrogen-bond donors (Lipinski definition) is 0. The Bertz CT molecular complexity index is 1780. The van der Waals surface area contributed by atoms with E-state index >= 15 is 0 Å². The van der Waals surface area contributed by atoms with Gasteiger partial charge in [-0.1, -0.05) is 27.7 Å². The van der Waals surface area contributed by atoms with Crippen LogP contribution in [0.1, 0.15) is 92.7 Å². The van der Waals surface area contributed by atoms with Gasteiger partial charge in [-0.05, 0) is 71.6 Å². The van der Waals surface area contributed by atoms with Crippen LogP contribution in [0.4, 0.5) is 0 Å². The van der Waals surface area contributed by atoms with Gasteiger partial charge in [-0.2, -0.15) is 0 Å². The molecule has 3 aliphatic heterocycles. The van der Waals surface area contributed by atoms with Crippen molar-refractivity contribution in [3.05, 3.63) is 40.2 Å². The number of fused-ring (bicyclic) bond motifs is 7. The van der Waals surface area contributed by atoms with Crippen LogP contribution in [0, 0.1) is 21.7 Å². The number of carbonyl (C=O) groups is 4. The topological polar surface area (TPSA) is 145 Å². The van der Waals surface area contributed by atoms with Crippen LogP contribution in [-0.4, -0.2) is 46.8 Å². The van der Waals surface area contributed by atoms with Crippen molar-refractivity contribution in [3.8, 4) is 5.75 Å². The molecule has 5 aliphatic rings. The molecule has 1 aromatic heterocycles. The molecule has 0 N–H and O–H groups in total. The number of rotatable bonds is 4. The SMILES string of the molecule is CC1(C)Oc2ccc3ccc(=O)oc3c2[C@@H](OC(=O)[C@@]23CC[C@@](C)(C(=O)O2)C3(C)C)[C@H]1OC(=O)[C@@]12CC[C@@](C)(C(=O)O1)C2(C)C. The molecule has 2 saturated carbocycles. The summed E-state index contributed by atoms with van der Waals surface area (Å²) < 4.78 is 36.2. The molecule has 2 aliphatic carbocycles. The highest BCUT2D eigenvalue weighted by atomic mass is 16.7. The van der Waals surface area contributed by atoms with Gasteiger partial charge in [0.1, 0.15) is 16.9 Å². The largest absolute Gasteiger partial charge is 0.483 e. The molecule has 240 valence electrons. The normalized spacial score (nSPS) is 37.9. The molecule has 4 heterocycles. The molecular weight excluding hydrogens is 584 g/mol. The standard InChI is InChI=1S/C34H38O11/c1-28(2)23(42-27(39)34-16-14-32(8,25(37)45-34)30(34,5)6)22(20-18(43-28)11-9-17-10-12-19(35)40-21(17)20)41-26(38)33-15-13-31(7,24(36)44-33)29(33,3)4/h9-12,22-23H,13-16H2,1-8H3/t22-,23-,31+,32+,33-,34-/m1/s1. The summed E-state index contributed by atoms with van der Waals surface area (Å²) in [6, 6.07) is 6.22. The number of carbonyl (C=O) groups excluding carboxylic acids is 4. The minimum Gasteiger partial charge on any atom is -0.483 e. The highest BCUT2D eigenvalue weighted by Crippen LogP contribution is 2.67. The molecule has 11 heteroatoms. The molecule has 0 spiro atoms. The van der Waals surface area contributed by atoms with Crippen molar-refractivity contribution >= 4 is 34.8 Å². The average Bonchev–Trinajstić information content (AvgIpc) is 3.42. The van der Waals surface area contributed by atoms with Crippen molar-refractivity contribution in [2.75, 3.05) is 0 Å². The van der Waals surface area contributed by atoms with Gasteiger partial charge in [-0.3, -0.25) is 9.59 Å². The summed E-state index contributed by atoms with van der Waals surface area (Å²) in [5, 5.41) is 0.526. The average molecular weight is 623 g/mol. The van der Waals surface area contributed by atoms with E-state index in [-0.39, 0.29) is 29.7 Å². The van der Waals surface area contributed by atoms with Gasteiger partial charge in [-0.25, -0.2) is 14.4 Å². The Morgan fingerprint density at radius 3 is 1.69 bits per heavy atom. The Morgan fingerprint density at radius 2 is 1.20 bits per heavy atom. The molecule has 2 saturated heterocycles. The van der Waals surface area contributed by atoms with E-state index in [9.17, 15) is 24.0 Å². The Morgan fingerprint density at radius 1 is 0.689 bits per heavy atom. The van der Waals surface area contributed by atoms with Crippen LogP contribution >= 0.6 is 0 Å². The second kappa shape index (κ2) is 8.47. The van der Waals surface area contributed by atoms with Gasteiger partial charge in [0.25, 0.3) is 0 Å². The molecular formula is C34H38O11. The number of benzene rings is 1. The zero-order chi connectivity index (χ0) is 32.8. The second-order valence-corrected chi connectivity index (χ2v) is 15.4. The van der Waals surface area contributed by atoms with E-state index in [1.165, 1.54) is 6.07 Å². The van der Waals surface area contributed by atoms with Crippen LogP contribution in [0.2, 0.25) is 0 Å². The van der Waals surface area contributed by atoms with E-state index in [2.05, 4.69) is 0 Å². The van der Waals surface area contributed by atoms with Crippen molar-refractivity contribution in [1.82, 2.24) is 0 Å². The highest BCUT2D eigenvalue weighted by Gasteiger charge is 2.78. The molecule has 4 fully saturated rings. The van der Waals surface area contributed by atoms with Crippen LogP contribution < -0.4 is 10.4 Å². The summed E-state index contributed by atoms with van der Waals surface area (Å²) in [6.45, 7) is 14.2. The van der Waals surface area contributed by atoms with Gasteiger partial charge < -0.3 is 28.1 Å². The Hall–Kier alpha value is -3.89. The third-order valence-electron chi connectivity index (χ3n) is 12.7. The quantitative estimate of drug-likeness (QED) is 0.266. The van der Waals surface area contributed by atoms with Gasteiger partial charge in [-0.15, -0.1) is 0 Å². The summed E-state index contributed by atoms with van der Waals surface area (Å²) in [5.74, 6) is -2.26. The maximum atomic E-state index is 14.4. The van der Waals surface area contributed by atoms with Crippen LogP contribution in [-0.2, 0) is 38.1 Å². The van der Waals surface area contributed by atoms with Crippen molar-refractivity contribution in [2.24, 2.45) is 21.7 Å². The summed E-state index contributed by atoms with van der Waals surface area (Å²) in [7, 11) is 0. The second-order valence-electron chi connectivity index (χ2n) is 15.4. The minimum atomic E-state index is -1.59. The van der Waals surface area contributed by atoms with Gasteiger partial charge in [0, 0.05) is 22.3 Å². The molecule has 7 rings (SSSR count). The Kier molecular flexibility index (Phi) is 5.61. The van der Waals surface area contributed by atoms with Gasteiger partial charge >= 0.3 is 29.5 Å². The summed E-state index contributed by atoms with van der Waals surface area (Å²) in [6.07, 6.45) is -1.26. The van der Waals surface area contributed by atoms with Crippen LogP contribution in [0.5, 0.6) is 5.75 Å². The van der Waals surface area contributed by atoms with Gasteiger partial charge in [0.05, 0.1) is 16.4 Å². The molecule has 0 amide bonds. The molecule has 11 nitrogen and oxygen atoms in total. The lowest BCUT2D eigenvalue weighted by atomic mass is 9.66. The summed E-state index contributed by atoms with van der Waals surface area (Å²) >= 11 is 0. The van der Waals surface area contributed by atoms with Gasteiger partial charge in [0.2, 0.25) is 11.2 Å². The third-order valence-corrected chi connectivity index (χ3v) is 12.7. The molecule has 2 aromatic rings. The van der Waals surface area contributed by atoms with Crippen molar-refractivity contribution in [1.29, 1.82) is 0 Å². The third kappa shape index (κ3) is 3.29. The first-order valence-electron chi connectivity index (χ1n) is 15.4. The fourth-order valence-electron chi connectivity index (χ4n) is 8.50. The number of esters is 4. The molecule has 0 radical (unpaired) electrons. The summed E-state index contributed by atoms with van der Waals surface area (Å²) in [4.78, 5) is 67.1. The van der Waals surface area contributed by atoms with E-state index in [1.807, 2.05) is 27.7 Å². The fraction of sp³-hybridized carbons (Fsp3) is 0.618. The van der Waals surface area contributed by atoms with E-state index in [1.54, 1.807) is 45.9 Å². The zero-order valence-electron chi connectivity index (χ0n) is 26.8. The predicted molar refractivity (Wildman–Crippen MR) is 156 cm³/mol. The Labute approximate surface area is 259 Å². The molecule has 1 aromatic carbocycles. The monoisotopic (exact) mass is 622 g/mol. The molecule has 0 unspecified atom stereocenters. The maximum Gasteiger partial charge on any atom is 0.351 e. The fourth-order valence-corrected chi connectivity index (χ4v) is 8.50. The summed E-state index contributed by atoms with van der Waals surface area (Å²) in [5.41, 5.74) is -8.36. The predicted octanol–water partition coefficient (Wildman–Crippen LogP) is 4.70. The number of ether oxygens (including phenoxy) is 5. The van der Waals surface area contributed by atoms with Crippen LogP contribution in [0.3, 0.4) is 0 Å². The van der Waals surface area contributed by atoms with E-state index in [0.29, 0.717) is 18.2 Å². The van der Waals surface area contributed by atoms with E-state index in [4.69, 9.17) is 28.1 Å². The van der Waals surface area contributed by atoms with E-state index in [0.717, 1.165) is 0 Å². The minimum absolute atomic E-state index is 0.102. The first-order valence-corrected chi connectivity index (χ1v) is 15.4. The number of hydrogen-bond acceptors (Lipinski definition) is 11. The first-order chi connectivity index (χ1) is 20.8. The maximum absolute atomic E-state index is 14.4. The lowest BCUT2D eigenvalue weighted by Gasteiger charge is -2.45. The molecule has 6 atom stereocenters. The first kappa shape index (κ1) is 29.8. The Balaban J connectivity index is 1.36. The smallest absolute Gasteiger partial charge is 0.351 e. The zero-order valence-corrected chi connectivity index (χ0v) is 26.8. The van der Waals surface area contributed by atoms with Gasteiger partial charge in [0.15, 0.2) is 12.2 Å². The lowest BCUT2D eigenvalue weighted by Crippen LogP contribution is -2.57. The van der Waals surface area contributed by atoms with Crippen molar-refractivity contribution < 1.29 is 47.3 Å². The molecule has 4 bridgehead atoms. The highest BCUT2D eigenvalue weighted by molar-refractivity contribution is 5.95. The van der Waals surface area contributed by atoms with Crippen molar-refractivity contribution in [3.63, 3.8) is 0 Å². The molecule has 45 heavy (non-hydrogen) atoms. The van der Waals surface area contributed by atoms with Crippen LogP contribution in [0.25, 0.3) is 11.0 Å². The van der Waals surface area contributed by atoms with Crippen molar-refractivity contribution in [2.45, 2.75) is 110 Å². The van der Waals surface area contributed by atoms with Crippen LogP contribution in [0.15, 0.2) is 33.5 Å². The van der Waals surface area contributed by atoms with E-state index < -0.39 is 80.2 Å². The lowest BCUT2D eigenvalue weighted by molar-refractivity contribution is -0.217.